The number of aromatic nitrogens is 1. The average molecular weight is 293 g/mol. The van der Waals surface area contributed by atoms with Crippen LogP contribution in [0, 0.1) is 15.9 Å². The van der Waals surface area contributed by atoms with Crippen LogP contribution in [0.1, 0.15) is 19.2 Å². The van der Waals surface area contributed by atoms with Gasteiger partial charge in [0.25, 0.3) is 5.69 Å². The maximum atomic E-state index is 13.9. The summed E-state index contributed by atoms with van der Waals surface area (Å²) in [6.45, 7) is 3.80. The van der Waals surface area contributed by atoms with Gasteiger partial charge in [-0.3, -0.25) is 10.1 Å². The molecule has 0 atom stereocenters. The Labute approximate surface area is 121 Å². The molecule has 0 spiro atoms. The Balaban J connectivity index is 2.08. The molecule has 0 saturated carbocycles. The van der Waals surface area contributed by atoms with Crippen LogP contribution in [0.15, 0.2) is 28.8 Å². The van der Waals surface area contributed by atoms with Crippen molar-refractivity contribution in [1.29, 1.82) is 0 Å². The molecule has 2 rings (SSSR count). The van der Waals surface area contributed by atoms with Gasteiger partial charge in [0.05, 0.1) is 22.7 Å². The van der Waals surface area contributed by atoms with Gasteiger partial charge in [-0.15, -0.1) is 0 Å². The summed E-state index contributed by atoms with van der Waals surface area (Å²) in [5.41, 5.74) is -0.118. The first kappa shape index (κ1) is 15.1. The molecule has 0 saturated heterocycles. The van der Waals surface area contributed by atoms with Crippen LogP contribution in [0.3, 0.4) is 0 Å². The smallest absolute Gasteiger partial charge is 0.272 e. The number of aryl methyl sites for hydroxylation is 1. The highest BCUT2D eigenvalue weighted by Crippen LogP contribution is 2.27. The molecule has 0 aliphatic rings. The van der Waals surface area contributed by atoms with E-state index in [0.717, 1.165) is 25.6 Å². The number of nitro benzene ring substituents is 1. The summed E-state index contributed by atoms with van der Waals surface area (Å²) >= 11 is 0. The first-order chi connectivity index (χ1) is 10.1. The number of non-ortho nitro benzene ring substituents is 1. The lowest BCUT2D eigenvalue weighted by Gasteiger charge is -2.00. The Morgan fingerprint density at radius 1 is 1.48 bits per heavy atom. The fourth-order valence-electron chi connectivity index (χ4n) is 1.91. The lowest BCUT2D eigenvalue weighted by atomic mass is 10.1. The third-order valence-corrected chi connectivity index (χ3v) is 2.98. The number of halogens is 1. The molecule has 0 fully saturated rings. The first-order valence-electron chi connectivity index (χ1n) is 6.71. The third kappa shape index (κ3) is 3.85. The highest BCUT2D eigenvalue weighted by Gasteiger charge is 2.15. The van der Waals surface area contributed by atoms with E-state index in [4.69, 9.17) is 4.42 Å². The lowest BCUT2D eigenvalue weighted by Crippen LogP contribution is -2.14. The van der Waals surface area contributed by atoms with E-state index < -0.39 is 10.7 Å². The molecule has 0 aliphatic heterocycles. The number of nitrogens with one attached hydrogen (secondary N) is 1. The van der Waals surface area contributed by atoms with Crippen LogP contribution in [0.4, 0.5) is 10.1 Å². The van der Waals surface area contributed by atoms with Gasteiger partial charge < -0.3 is 9.73 Å². The van der Waals surface area contributed by atoms with E-state index >= 15 is 0 Å². The maximum Gasteiger partial charge on any atom is 0.272 e. The molecule has 0 radical (unpaired) electrons. The van der Waals surface area contributed by atoms with Crippen molar-refractivity contribution in [1.82, 2.24) is 10.3 Å². The van der Waals surface area contributed by atoms with Crippen molar-refractivity contribution in [3.8, 4) is 11.3 Å². The van der Waals surface area contributed by atoms with Crippen LogP contribution in [-0.2, 0) is 6.42 Å². The molecule has 1 heterocycles. The molecule has 0 amide bonds. The highest BCUT2D eigenvalue weighted by molar-refractivity contribution is 5.59. The number of benzene rings is 1. The summed E-state index contributed by atoms with van der Waals surface area (Å²) < 4.78 is 19.3. The van der Waals surface area contributed by atoms with Crippen molar-refractivity contribution in [3.63, 3.8) is 0 Å². The molecule has 1 aromatic heterocycles. The quantitative estimate of drug-likeness (QED) is 0.482. The monoisotopic (exact) mass is 293 g/mol. The Morgan fingerprint density at radius 2 is 2.29 bits per heavy atom. The van der Waals surface area contributed by atoms with E-state index in [-0.39, 0.29) is 17.0 Å². The number of hydrogen-bond acceptors (Lipinski definition) is 5. The second-order valence-corrected chi connectivity index (χ2v) is 4.50. The van der Waals surface area contributed by atoms with Crippen LogP contribution in [0.25, 0.3) is 11.3 Å². The molecular formula is C14H16FN3O3. The zero-order valence-corrected chi connectivity index (χ0v) is 11.6. The molecule has 1 aromatic carbocycles. The minimum Gasteiger partial charge on any atom is -0.441 e. The normalized spacial score (nSPS) is 10.8. The fraction of sp³-hybridized carbons (Fsp3) is 0.357. The number of hydrogen-bond donors (Lipinski definition) is 1. The summed E-state index contributed by atoms with van der Waals surface area (Å²) in [6.07, 6.45) is 2.96. The van der Waals surface area contributed by atoms with Gasteiger partial charge in [-0.1, -0.05) is 6.92 Å². The standard InChI is InChI=1S/C14H16FN3O3/c1-2-16-7-3-4-14-17-9-13(21-14)11-6-5-10(18(19)20)8-12(11)15/h5-6,8-9,16H,2-4,7H2,1H3. The van der Waals surface area contributed by atoms with Crippen LogP contribution < -0.4 is 5.32 Å². The van der Waals surface area contributed by atoms with E-state index in [9.17, 15) is 14.5 Å². The second-order valence-electron chi connectivity index (χ2n) is 4.50. The molecule has 6 nitrogen and oxygen atoms in total. The number of oxazole rings is 1. The van der Waals surface area contributed by atoms with Crippen LogP contribution in [0.2, 0.25) is 0 Å². The van der Waals surface area contributed by atoms with Crippen molar-refractivity contribution in [2.24, 2.45) is 0 Å². The van der Waals surface area contributed by atoms with Crippen molar-refractivity contribution in [2.45, 2.75) is 19.8 Å². The highest BCUT2D eigenvalue weighted by atomic mass is 19.1. The van der Waals surface area contributed by atoms with Crippen molar-refractivity contribution in [3.05, 3.63) is 46.2 Å². The van der Waals surface area contributed by atoms with Gasteiger partial charge in [0.1, 0.15) is 5.82 Å². The second kappa shape index (κ2) is 6.94. The van der Waals surface area contributed by atoms with Gasteiger partial charge >= 0.3 is 0 Å². The van der Waals surface area contributed by atoms with Crippen molar-refractivity contribution >= 4 is 5.69 Å². The summed E-state index contributed by atoms with van der Waals surface area (Å²) in [6, 6.07) is 3.45. The number of nitro groups is 1. The Kier molecular flexibility index (Phi) is 4.99. The van der Waals surface area contributed by atoms with Gasteiger partial charge in [0.2, 0.25) is 0 Å². The van der Waals surface area contributed by atoms with Gasteiger partial charge in [0, 0.05) is 12.5 Å². The zero-order chi connectivity index (χ0) is 15.2. The van der Waals surface area contributed by atoms with Crippen LogP contribution in [0.5, 0.6) is 0 Å². The van der Waals surface area contributed by atoms with E-state index in [1.165, 1.54) is 18.3 Å². The fourth-order valence-corrected chi connectivity index (χ4v) is 1.91. The van der Waals surface area contributed by atoms with E-state index in [2.05, 4.69) is 10.3 Å². The Morgan fingerprint density at radius 3 is 2.95 bits per heavy atom. The molecule has 7 heteroatoms. The topological polar surface area (TPSA) is 81.2 Å². The molecule has 0 unspecified atom stereocenters. The van der Waals surface area contributed by atoms with Gasteiger partial charge in [-0.2, -0.15) is 0 Å². The molecule has 21 heavy (non-hydrogen) atoms. The summed E-state index contributed by atoms with van der Waals surface area (Å²) in [4.78, 5) is 14.0. The summed E-state index contributed by atoms with van der Waals surface area (Å²) in [7, 11) is 0. The Bertz CT molecular complexity index is 628. The van der Waals surface area contributed by atoms with Crippen LogP contribution in [-0.4, -0.2) is 23.0 Å². The van der Waals surface area contributed by atoms with E-state index in [0.29, 0.717) is 12.3 Å². The predicted molar refractivity (Wildman–Crippen MR) is 75.4 cm³/mol. The first-order valence-corrected chi connectivity index (χ1v) is 6.71. The molecule has 2 aromatic rings. The van der Waals surface area contributed by atoms with E-state index in [1.54, 1.807) is 0 Å². The van der Waals surface area contributed by atoms with Crippen molar-refractivity contribution < 1.29 is 13.7 Å². The number of nitrogens with zero attached hydrogens (tertiary/aromatic N) is 2. The maximum absolute atomic E-state index is 13.9. The largest absolute Gasteiger partial charge is 0.441 e. The predicted octanol–water partition coefficient (Wildman–Crippen LogP) is 2.93. The molecule has 0 aliphatic carbocycles. The van der Waals surface area contributed by atoms with Crippen molar-refractivity contribution in [2.75, 3.05) is 13.1 Å². The minimum absolute atomic E-state index is 0.172. The molecule has 1 N–H and O–H groups in total. The van der Waals surface area contributed by atoms with E-state index in [1.807, 2.05) is 6.92 Å². The van der Waals surface area contributed by atoms with Gasteiger partial charge in [0.15, 0.2) is 11.7 Å². The minimum atomic E-state index is -0.695. The molecule has 0 bridgehead atoms. The summed E-state index contributed by atoms with van der Waals surface area (Å²) in [5, 5.41) is 13.8. The van der Waals surface area contributed by atoms with Gasteiger partial charge in [-0.25, -0.2) is 9.37 Å². The van der Waals surface area contributed by atoms with Gasteiger partial charge in [-0.05, 0) is 25.6 Å². The number of rotatable bonds is 7. The third-order valence-electron chi connectivity index (χ3n) is 2.98. The zero-order valence-electron chi connectivity index (χ0n) is 11.6. The lowest BCUT2D eigenvalue weighted by molar-refractivity contribution is -0.385. The molecular weight excluding hydrogens is 277 g/mol. The van der Waals surface area contributed by atoms with Crippen LogP contribution >= 0.6 is 0 Å². The average Bonchev–Trinajstić information content (AvgIpc) is 2.92. The SMILES string of the molecule is CCNCCCc1ncc(-c2ccc([N+](=O)[O-])cc2F)o1. The summed E-state index contributed by atoms with van der Waals surface area (Å²) in [5.74, 6) is 0.112. The molecule has 112 valence electrons. The Hall–Kier alpha value is -2.28.